The van der Waals surface area contributed by atoms with E-state index in [9.17, 15) is 5.11 Å². The van der Waals surface area contributed by atoms with Crippen LogP contribution < -0.4 is 10.1 Å². The summed E-state index contributed by atoms with van der Waals surface area (Å²) in [5, 5.41) is 14.0. The zero-order valence-electron chi connectivity index (χ0n) is 15.3. The van der Waals surface area contributed by atoms with E-state index in [-0.39, 0.29) is 0 Å². The van der Waals surface area contributed by atoms with Gasteiger partial charge in [0.05, 0.1) is 19.8 Å². The molecule has 0 saturated carbocycles. The summed E-state index contributed by atoms with van der Waals surface area (Å²) < 4.78 is 5.24. The zero-order chi connectivity index (χ0) is 18.2. The Bertz CT molecular complexity index is 712. The third-order valence-electron chi connectivity index (χ3n) is 4.58. The molecule has 26 heavy (non-hydrogen) atoms. The second-order valence-corrected chi connectivity index (χ2v) is 6.50. The number of rotatable bonds is 5. The number of aliphatic hydroxyl groups is 1. The van der Waals surface area contributed by atoms with Crippen molar-refractivity contribution in [1.29, 1.82) is 0 Å². The molecule has 0 aliphatic carbocycles. The average Bonchev–Trinajstić information content (AvgIpc) is 2.72. The number of methoxy groups -OCH3 is 1. The van der Waals surface area contributed by atoms with Gasteiger partial charge in [0, 0.05) is 18.8 Å². The highest BCUT2D eigenvalue weighted by atomic mass is 16.5. The number of ether oxygens (including phenoxy) is 1. The summed E-state index contributed by atoms with van der Waals surface area (Å²) in [6, 6.07) is 17.6. The summed E-state index contributed by atoms with van der Waals surface area (Å²) in [7, 11) is 1.63. The molecule has 0 amide bonds. The van der Waals surface area contributed by atoms with E-state index in [2.05, 4.69) is 10.2 Å². The highest BCUT2D eigenvalue weighted by Crippen LogP contribution is 2.20. The minimum Gasteiger partial charge on any atom is -0.497 e. The molecular formula is C21H27N3O2. The van der Waals surface area contributed by atoms with Crippen LogP contribution in [-0.4, -0.2) is 42.7 Å². The van der Waals surface area contributed by atoms with Gasteiger partial charge in [-0.1, -0.05) is 30.3 Å². The van der Waals surface area contributed by atoms with E-state index in [1.165, 1.54) is 19.3 Å². The van der Waals surface area contributed by atoms with Gasteiger partial charge in [0.25, 0.3) is 0 Å². The first-order valence-corrected chi connectivity index (χ1v) is 9.20. The maximum absolute atomic E-state index is 10.5. The van der Waals surface area contributed by atoms with E-state index in [4.69, 9.17) is 9.73 Å². The Kier molecular flexibility index (Phi) is 6.50. The number of guanidine groups is 1. The number of nitrogens with one attached hydrogen (secondary N) is 1. The number of aliphatic hydroxyl groups excluding tert-OH is 1. The molecule has 1 saturated heterocycles. The van der Waals surface area contributed by atoms with Crippen molar-refractivity contribution < 1.29 is 9.84 Å². The SMILES string of the molecule is COc1cccc(C(O)CN=C(Nc2ccccc2)N2CCCCC2)c1. The third-order valence-corrected chi connectivity index (χ3v) is 4.58. The molecule has 1 fully saturated rings. The molecule has 1 aliphatic heterocycles. The molecule has 138 valence electrons. The van der Waals surface area contributed by atoms with Crippen LogP contribution in [0.4, 0.5) is 5.69 Å². The number of piperidine rings is 1. The maximum Gasteiger partial charge on any atom is 0.198 e. The molecule has 1 aliphatic rings. The van der Waals surface area contributed by atoms with Crippen LogP contribution in [0.15, 0.2) is 59.6 Å². The van der Waals surface area contributed by atoms with Crippen LogP contribution in [0.25, 0.3) is 0 Å². The number of nitrogens with zero attached hydrogens (tertiary/aromatic N) is 2. The van der Waals surface area contributed by atoms with Gasteiger partial charge in [-0.25, -0.2) is 4.99 Å². The molecular weight excluding hydrogens is 326 g/mol. The Morgan fingerprint density at radius 3 is 2.62 bits per heavy atom. The van der Waals surface area contributed by atoms with E-state index in [1.807, 2.05) is 54.6 Å². The molecule has 2 aromatic carbocycles. The van der Waals surface area contributed by atoms with Crippen LogP contribution in [0.1, 0.15) is 30.9 Å². The molecule has 1 atom stereocenters. The van der Waals surface area contributed by atoms with Gasteiger partial charge in [-0.3, -0.25) is 0 Å². The van der Waals surface area contributed by atoms with E-state index in [0.717, 1.165) is 36.0 Å². The molecule has 0 bridgehead atoms. The number of likely N-dealkylation sites (tertiary alicyclic amines) is 1. The Balaban J connectivity index is 1.74. The molecule has 2 aromatic rings. The van der Waals surface area contributed by atoms with Crippen molar-refractivity contribution in [1.82, 2.24) is 4.90 Å². The summed E-state index contributed by atoms with van der Waals surface area (Å²) in [6.45, 7) is 2.29. The van der Waals surface area contributed by atoms with Crippen molar-refractivity contribution in [3.63, 3.8) is 0 Å². The summed E-state index contributed by atoms with van der Waals surface area (Å²) >= 11 is 0. The van der Waals surface area contributed by atoms with Crippen LogP contribution in [0, 0.1) is 0 Å². The van der Waals surface area contributed by atoms with Gasteiger partial charge < -0.3 is 20.1 Å². The Labute approximate surface area is 155 Å². The van der Waals surface area contributed by atoms with Gasteiger partial charge >= 0.3 is 0 Å². The standard InChI is InChI=1S/C21H27N3O2/c1-26-19-12-8-9-17(15-19)20(25)16-22-21(24-13-6-3-7-14-24)23-18-10-4-2-5-11-18/h2,4-5,8-12,15,20,25H,3,6-7,13-14,16H2,1H3,(H,22,23). The van der Waals surface area contributed by atoms with Crippen LogP contribution in [0.3, 0.4) is 0 Å². The molecule has 0 aromatic heterocycles. The fraction of sp³-hybridized carbons (Fsp3) is 0.381. The van der Waals surface area contributed by atoms with Crippen LogP contribution >= 0.6 is 0 Å². The molecule has 0 radical (unpaired) electrons. The van der Waals surface area contributed by atoms with Crippen molar-refractivity contribution in [3.05, 3.63) is 60.2 Å². The predicted molar refractivity (Wildman–Crippen MR) is 106 cm³/mol. The summed E-state index contributed by atoms with van der Waals surface area (Å²) in [5.74, 6) is 1.57. The maximum atomic E-state index is 10.5. The minimum atomic E-state index is -0.664. The zero-order valence-corrected chi connectivity index (χ0v) is 15.3. The fourth-order valence-corrected chi connectivity index (χ4v) is 3.10. The topological polar surface area (TPSA) is 57.1 Å². The lowest BCUT2D eigenvalue weighted by molar-refractivity contribution is 0.186. The Hall–Kier alpha value is -2.53. The number of hydrogen-bond acceptors (Lipinski definition) is 3. The number of aliphatic imine (C=N–C) groups is 1. The van der Waals surface area contributed by atoms with Gasteiger partial charge in [-0.2, -0.15) is 0 Å². The lowest BCUT2D eigenvalue weighted by Crippen LogP contribution is -2.40. The largest absolute Gasteiger partial charge is 0.497 e. The van der Waals surface area contributed by atoms with Gasteiger partial charge in [-0.05, 0) is 49.1 Å². The highest BCUT2D eigenvalue weighted by molar-refractivity contribution is 5.93. The van der Waals surface area contributed by atoms with Gasteiger partial charge in [0.15, 0.2) is 5.96 Å². The van der Waals surface area contributed by atoms with Crippen molar-refractivity contribution in [3.8, 4) is 5.75 Å². The first-order chi connectivity index (χ1) is 12.8. The quantitative estimate of drug-likeness (QED) is 0.636. The van der Waals surface area contributed by atoms with Crippen LogP contribution in [-0.2, 0) is 0 Å². The number of anilines is 1. The second-order valence-electron chi connectivity index (χ2n) is 6.50. The highest BCUT2D eigenvalue weighted by Gasteiger charge is 2.16. The molecule has 0 spiro atoms. The minimum absolute atomic E-state index is 0.304. The van der Waals surface area contributed by atoms with Crippen LogP contribution in [0.5, 0.6) is 5.75 Å². The van der Waals surface area contributed by atoms with E-state index < -0.39 is 6.10 Å². The second kappa shape index (κ2) is 9.25. The molecule has 1 unspecified atom stereocenters. The van der Waals surface area contributed by atoms with Crippen molar-refractivity contribution in [2.24, 2.45) is 4.99 Å². The summed E-state index contributed by atoms with van der Waals surface area (Å²) in [5.41, 5.74) is 1.82. The number of para-hydroxylation sites is 1. The molecule has 5 nitrogen and oxygen atoms in total. The average molecular weight is 353 g/mol. The normalized spacial score (nSPS) is 16.2. The predicted octanol–water partition coefficient (Wildman–Crippen LogP) is 3.68. The Morgan fingerprint density at radius 2 is 1.88 bits per heavy atom. The molecule has 2 N–H and O–H groups in total. The lowest BCUT2D eigenvalue weighted by atomic mass is 10.1. The first-order valence-electron chi connectivity index (χ1n) is 9.20. The van der Waals surface area contributed by atoms with Gasteiger partial charge in [0.2, 0.25) is 0 Å². The van der Waals surface area contributed by atoms with Gasteiger partial charge in [0.1, 0.15) is 5.75 Å². The third kappa shape index (κ3) is 4.99. The molecule has 3 rings (SSSR count). The number of hydrogen-bond donors (Lipinski definition) is 2. The molecule has 5 heteroatoms. The first kappa shape index (κ1) is 18.3. The van der Waals surface area contributed by atoms with E-state index in [0.29, 0.717) is 6.54 Å². The number of benzene rings is 2. The summed E-state index contributed by atoms with van der Waals surface area (Å²) in [4.78, 5) is 6.99. The monoisotopic (exact) mass is 353 g/mol. The van der Waals surface area contributed by atoms with Crippen molar-refractivity contribution in [2.45, 2.75) is 25.4 Å². The van der Waals surface area contributed by atoms with E-state index >= 15 is 0 Å². The summed E-state index contributed by atoms with van der Waals surface area (Å²) in [6.07, 6.45) is 2.95. The van der Waals surface area contributed by atoms with E-state index in [1.54, 1.807) is 7.11 Å². The van der Waals surface area contributed by atoms with Crippen LogP contribution in [0.2, 0.25) is 0 Å². The Morgan fingerprint density at radius 1 is 1.12 bits per heavy atom. The smallest absolute Gasteiger partial charge is 0.198 e. The van der Waals surface area contributed by atoms with Crippen molar-refractivity contribution >= 4 is 11.6 Å². The molecule has 1 heterocycles. The van der Waals surface area contributed by atoms with Crippen molar-refractivity contribution in [2.75, 3.05) is 32.1 Å². The van der Waals surface area contributed by atoms with Gasteiger partial charge in [-0.15, -0.1) is 0 Å². The fourth-order valence-electron chi connectivity index (χ4n) is 3.10. The lowest BCUT2D eigenvalue weighted by Gasteiger charge is -2.30.